The van der Waals surface area contributed by atoms with Gasteiger partial charge < -0.3 is 19.7 Å². The number of rotatable bonds is 7. The average molecular weight is 500 g/mol. The number of hydrogen-bond acceptors (Lipinski definition) is 6. The molecule has 0 spiro atoms. The van der Waals surface area contributed by atoms with Gasteiger partial charge in [0.15, 0.2) is 17.3 Å². The molecule has 1 fully saturated rings. The van der Waals surface area contributed by atoms with E-state index in [1.54, 1.807) is 20.4 Å². The molecular formula is C29H33N5O3. The van der Waals surface area contributed by atoms with Crippen molar-refractivity contribution in [2.75, 3.05) is 32.2 Å². The Balaban J connectivity index is 1.23. The molecule has 192 valence electrons. The topological polar surface area (TPSA) is 81.0 Å². The number of benzene rings is 2. The zero-order valence-electron chi connectivity index (χ0n) is 21.8. The Hall–Kier alpha value is -4.07. The highest BCUT2D eigenvalue weighted by molar-refractivity contribution is 5.80. The SMILES string of the molecule is COc1ccc(CNC(=O)C2CCN(c3nccn4nc(-c5ccc(C)c(C)c5)cc34)CC2)cc1OC. The van der Waals surface area contributed by atoms with Crippen LogP contribution in [0.25, 0.3) is 16.8 Å². The zero-order chi connectivity index (χ0) is 25.9. The maximum absolute atomic E-state index is 12.9. The molecule has 0 bridgehead atoms. The monoisotopic (exact) mass is 499 g/mol. The summed E-state index contributed by atoms with van der Waals surface area (Å²) in [5, 5.41) is 7.89. The standard InChI is InChI=1S/C29H33N5O3/c1-19-5-7-23(15-20(19)2)24-17-25-28(30-11-14-34(25)32-24)33-12-9-22(10-13-33)29(35)31-18-21-6-8-26(36-3)27(16-21)37-4/h5-8,11,14-17,22H,9-10,12-13,18H2,1-4H3,(H,31,35). The van der Waals surface area contributed by atoms with E-state index in [0.717, 1.165) is 54.1 Å². The van der Waals surface area contributed by atoms with Crippen LogP contribution in [0.3, 0.4) is 0 Å². The zero-order valence-corrected chi connectivity index (χ0v) is 21.8. The number of nitrogens with one attached hydrogen (secondary N) is 1. The van der Waals surface area contributed by atoms with Gasteiger partial charge in [0.05, 0.1) is 19.9 Å². The molecule has 3 heterocycles. The lowest BCUT2D eigenvalue weighted by Crippen LogP contribution is -2.40. The Morgan fingerprint density at radius 2 is 1.78 bits per heavy atom. The van der Waals surface area contributed by atoms with Gasteiger partial charge in [-0.2, -0.15) is 5.10 Å². The van der Waals surface area contributed by atoms with Gasteiger partial charge in [0, 0.05) is 43.5 Å². The predicted molar refractivity (Wildman–Crippen MR) is 144 cm³/mol. The van der Waals surface area contributed by atoms with Gasteiger partial charge in [-0.1, -0.05) is 18.2 Å². The second-order valence-electron chi connectivity index (χ2n) is 9.58. The van der Waals surface area contributed by atoms with Gasteiger partial charge in [0.2, 0.25) is 5.91 Å². The fourth-order valence-electron chi connectivity index (χ4n) is 4.87. The van der Waals surface area contributed by atoms with Crippen LogP contribution in [0, 0.1) is 19.8 Å². The van der Waals surface area contributed by atoms with Crippen LogP contribution in [0.4, 0.5) is 5.82 Å². The summed E-state index contributed by atoms with van der Waals surface area (Å²) in [5.74, 6) is 2.31. The number of piperidine rings is 1. The van der Waals surface area contributed by atoms with Gasteiger partial charge >= 0.3 is 0 Å². The predicted octanol–water partition coefficient (Wildman–Crippen LogP) is 4.56. The number of aryl methyl sites for hydroxylation is 2. The Kier molecular flexibility index (Phi) is 6.99. The summed E-state index contributed by atoms with van der Waals surface area (Å²) in [5.41, 5.74) is 6.50. The minimum absolute atomic E-state index is 0.0212. The van der Waals surface area contributed by atoms with E-state index in [0.29, 0.717) is 18.0 Å². The summed E-state index contributed by atoms with van der Waals surface area (Å²) in [4.78, 5) is 19.9. The van der Waals surface area contributed by atoms with Gasteiger partial charge in [-0.15, -0.1) is 0 Å². The summed E-state index contributed by atoms with van der Waals surface area (Å²) in [7, 11) is 3.22. The van der Waals surface area contributed by atoms with Gasteiger partial charge in [0.25, 0.3) is 0 Å². The number of carbonyl (C=O) groups excluding carboxylic acids is 1. The minimum Gasteiger partial charge on any atom is -0.493 e. The van der Waals surface area contributed by atoms with Crippen molar-refractivity contribution in [3.63, 3.8) is 0 Å². The number of amides is 1. The molecule has 1 saturated heterocycles. The number of anilines is 1. The van der Waals surface area contributed by atoms with Gasteiger partial charge in [-0.3, -0.25) is 4.79 Å². The molecule has 2 aromatic carbocycles. The van der Waals surface area contributed by atoms with E-state index >= 15 is 0 Å². The summed E-state index contributed by atoms with van der Waals surface area (Å²) >= 11 is 0. The van der Waals surface area contributed by atoms with Crippen LogP contribution in [0.5, 0.6) is 11.5 Å². The third-order valence-corrected chi connectivity index (χ3v) is 7.25. The van der Waals surface area contributed by atoms with E-state index in [4.69, 9.17) is 14.6 Å². The Morgan fingerprint density at radius 1 is 1.00 bits per heavy atom. The number of hydrogen-bond donors (Lipinski definition) is 1. The molecule has 0 atom stereocenters. The first-order valence-corrected chi connectivity index (χ1v) is 12.6. The maximum Gasteiger partial charge on any atom is 0.223 e. The number of nitrogens with zero attached hydrogens (tertiary/aromatic N) is 4. The first-order valence-electron chi connectivity index (χ1n) is 12.6. The highest BCUT2D eigenvalue weighted by atomic mass is 16.5. The summed E-state index contributed by atoms with van der Waals surface area (Å²) in [6, 6.07) is 14.2. The average Bonchev–Trinajstić information content (AvgIpc) is 3.38. The molecule has 0 aliphatic carbocycles. The molecule has 5 rings (SSSR count). The lowest BCUT2D eigenvalue weighted by molar-refractivity contribution is -0.125. The van der Waals surface area contributed by atoms with E-state index in [1.165, 1.54) is 11.1 Å². The third kappa shape index (κ3) is 5.09. The summed E-state index contributed by atoms with van der Waals surface area (Å²) < 4.78 is 12.6. The van der Waals surface area contributed by atoms with Gasteiger partial charge in [0.1, 0.15) is 5.52 Å². The van der Waals surface area contributed by atoms with Crippen LogP contribution in [-0.4, -0.2) is 47.8 Å². The molecule has 8 heteroatoms. The molecule has 0 saturated carbocycles. The van der Waals surface area contributed by atoms with E-state index in [-0.39, 0.29) is 11.8 Å². The third-order valence-electron chi connectivity index (χ3n) is 7.25. The van der Waals surface area contributed by atoms with Crippen molar-refractivity contribution in [1.82, 2.24) is 19.9 Å². The fourth-order valence-corrected chi connectivity index (χ4v) is 4.87. The quantitative estimate of drug-likeness (QED) is 0.401. The highest BCUT2D eigenvalue weighted by Crippen LogP contribution is 2.30. The van der Waals surface area contributed by atoms with Gasteiger partial charge in [-0.05, 0) is 67.6 Å². The Labute approximate surface area is 217 Å². The van der Waals surface area contributed by atoms with Crippen LogP contribution in [-0.2, 0) is 11.3 Å². The lowest BCUT2D eigenvalue weighted by atomic mass is 9.95. The van der Waals surface area contributed by atoms with Crippen molar-refractivity contribution in [2.24, 2.45) is 5.92 Å². The first-order chi connectivity index (χ1) is 18.0. The number of fused-ring (bicyclic) bond motifs is 1. The van der Waals surface area contributed by atoms with E-state index in [1.807, 2.05) is 28.9 Å². The molecule has 37 heavy (non-hydrogen) atoms. The Bertz CT molecular complexity index is 1420. The molecule has 1 aliphatic heterocycles. The molecule has 1 amide bonds. The second kappa shape index (κ2) is 10.5. The normalized spacial score (nSPS) is 14.1. The lowest BCUT2D eigenvalue weighted by Gasteiger charge is -2.32. The Morgan fingerprint density at radius 3 is 2.51 bits per heavy atom. The van der Waals surface area contributed by atoms with Crippen LogP contribution in [0.2, 0.25) is 0 Å². The summed E-state index contributed by atoms with van der Waals surface area (Å²) in [6.07, 6.45) is 5.23. The molecular weight excluding hydrogens is 466 g/mol. The van der Waals surface area contributed by atoms with Gasteiger partial charge in [-0.25, -0.2) is 9.50 Å². The first kappa shape index (κ1) is 24.6. The number of carbonyl (C=O) groups is 1. The molecule has 1 N–H and O–H groups in total. The van der Waals surface area contributed by atoms with E-state index < -0.39 is 0 Å². The van der Waals surface area contributed by atoms with E-state index in [2.05, 4.69) is 53.3 Å². The second-order valence-corrected chi connectivity index (χ2v) is 9.58. The molecule has 4 aromatic rings. The van der Waals surface area contributed by atoms with Crippen molar-refractivity contribution in [3.05, 3.63) is 71.5 Å². The fraction of sp³-hybridized carbons (Fsp3) is 0.345. The molecule has 0 unspecified atom stereocenters. The van der Waals surface area contributed by atoms with Crippen LogP contribution >= 0.6 is 0 Å². The van der Waals surface area contributed by atoms with Crippen LogP contribution in [0.1, 0.15) is 29.5 Å². The molecule has 8 nitrogen and oxygen atoms in total. The number of aromatic nitrogens is 3. The van der Waals surface area contributed by atoms with Crippen molar-refractivity contribution in [2.45, 2.75) is 33.2 Å². The number of ether oxygens (including phenoxy) is 2. The molecule has 0 radical (unpaired) electrons. The number of methoxy groups -OCH3 is 2. The maximum atomic E-state index is 12.9. The highest BCUT2D eigenvalue weighted by Gasteiger charge is 2.27. The molecule has 1 aliphatic rings. The minimum atomic E-state index is -0.0212. The van der Waals surface area contributed by atoms with Crippen molar-refractivity contribution in [3.8, 4) is 22.8 Å². The smallest absolute Gasteiger partial charge is 0.223 e. The van der Waals surface area contributed by atoms with Crippen molar-refractivity contribution < 1.29 is 14.3 Å². The van der Waals surface area contributed by atoms with E-state index in [9.17, 15) is 4.79 Å². The van der Waals surface area contributed by atoms with Crippen LogP contribution in [0.15, 0.2) is 54.9 Å². The van der Waals surface area contributed by atoms with Crippen molar-refractivity contribution >= 4 is 17.2 Å². The molecule has 2 aromatic heterocycles. The van der Waals surface area contributed by atoms with Crippen LogP contribution < -0.4 is 19.7 Å². The largest absolute Gasteiger partial charge is 0.493 e. The summed E-state index contributed by atoms with van der Waals surface area (Å²) in [6.45, 7) is 6.23. The van der Waals surface area contributed by atoms with Crippen molar-refractivity contribution in [1.29, 1.82) is 0 Å².